The van der Waals surface area contributed by atoms with Crippen molar-refractivity contribution in [3.63, 3.8) is 0 Å². The molecule has 0 aliphatic carbocycles. The fraction of sp³-hybridized carbons (Fsp3) is 0.364. The molecular formula is C11H11ClN2OS. The van der Waals surface area contributed by atoms with E-state index >= 15 is 0 Å². The summed E-state index contributed by atoms with van der Waals surface area (Å²) < 4.78 is 2.80. The topological polar surface area (TPSA) is 38.0 Å². The number of aliphatic hydroxyl groups excluding tert-OH is 1. The van der Waals surface area contributed by atoms with Gasteiger partial charge in [-0.05, 0) is 25.0 Å². The molecule has 0 saturated carbocycles. The molecule has 0 spiro atoms. The summed E-state index contributed by atoms with van der Waals surface area (Å²) >= 11 is 7.41. The van der Waals surface area contributed by atoms with Crippen LogP contribution in [-0.4, -0.2) is 14.7 Å². The molecule has 0 aromatic carbocycles. The first-order valence-electron chi connectivity index (χ1n) is 5.25. The molecule has 1 aliphatic heterocycles. The highest BCUT2D eigenvalue weighted by molar-refractivity contribution is 7.19. The van der Waals surface area contributed by atoms with Gasteiger partial charge in [0.25, 0.3) is 0 Å². The summed E-state index contributed by atoms with van der Waals surface area (Å²) in [7, 11) is 0. The molecule has 3 rings (SSSR count). The summed E-state index contributed by atoms with van der Waals surface area (Å²) in [4.78, 5) is 5.53. The predicted molar refractivity (Wildman–Crippen MR) is 64.7 cm³/mol. The van der Waals surface area contributed by atoms with E-state index < -0.39 is 6.10 Å². The smallest absolute Gasteiger partial charge is 0.138 e. The van der Waals surface area contributed by atoms with Crippen molar-refractivity contribution >= 4 is 22.9 Å². The fourth-order valence-corrected chi connectivity index (χ4v) is 3.03. The van der Waals surface area contributed by atoms with Gasteiger partial charge in [-0.15, -0.1) is 11.3 Å². The van der Waals surface area contributed by atoms with E-state index in [-0.39, 0.29) is 0 Å². The normalized spacial score (nSPS) is 19.8. The number of hydrogen-bond donors (Lipinski definition) is 1. The first-order chi connectivity index (χ1) is 7.74. The maximum Gasteiger partial charge on any atom is 0.138 e. The van der Waals surface area contributed by atoms with Crippen LogP contribution in [0.4, 0.5) is 0 Å². The molecular weight excluding hydrogens is 244 g/mol. The molecule has 1 atom stereocenters. The van der Waals surface area contributed by atoms with Crippen LogP contribution in [0.1, 0.15) is 24.8 Å². The van der Waals surface area contributed by atoms with Gasteiger partial charge in [0.15, 0.2) is 0 Å². The van der Waals surface area contributed by atoms with Gasteiger partial charge in [0, 0.05) is 12.7 Å². The zero-order chi connectivity index (χ0) is 11.1. The number of nitrogens with zero attached hydrogens (tertiary/aromatic N) is 2. The summed E-state index contributed by atoms with van der Waals surface area (Å²) in [6.45, 7) is 0.943. The van der Waals surface area contributed by atoms with Gasteiger partial charge in [-0.2, -0.15) is 0 Å². The maximum absolute atomic E-state index is 9.82. The Morgan fingerprint density at radius 3 is 3.06 bits per heavy atom. The number of aromatic nitrogens is 2. The quantitative estimate of drug-likeness (QED) is 0.849. The van der Waals surface area contributed by atoms with Crippen LogP contribution in [0.2, 0.25) is 4.34 Å². The number of rotatable bonds is 1. The minimum absolute atomic E-state index is 0.419. The standard InChI is InChI=1S/C11H11ClN2OS/c12-10-4-3-9(16-10)7-6-14-5-1-2-8(15)11(14)13-7/h3-4,6,8,15H,1-2,5H2/t8-/m0/s1. The Hall–Kier alpha value is -0.840. The fourth-order valence-electron chi connectivity index (χ4n) is 2.03. The lowest BCUT2D eigenvalue weighted by molar-refractivity contribution is 0.134. The maximum atomic E-state index is 9.82. The van der Waals surface area contributed by atoms with Crippen LogP contribution in [0.5, 0.6) is 0 Å². The number of imidazole rings is 1. The molecule has 0 radical (unpaired) electrons. The minimum atomic E-state index is -0.419. The first-order valence-corrected chi connectivity index (χ1v) is 6.44. The van der Waals surface area contributed by atoms with Crippen LogP contribution in [0.3, 0.4) is 0 Å². The summed E-state index contributed by atoms with van der Waals surface area (Å²) in [5, 5.41) is 9.82. The molecule has 0 fully saturated rings. The Labute approximate surface area is 102 Å². The zero-order valence-electron chi connectivity index (χ0n) is 8.56. The van der Waals surface area contributed by atoms with E-state index in [4.69, 9.17) is 11.6 Å². The van der Waals surface area contributed by atoms with E-state index in [1.807, 2.05) is 22.9 Å². The molecule has 0 saturated heterocycles. The molecule has 16 heavy (non-hydrogen) atoms. The average molecular weight is 255 g/mol. The lowest BCUT2D eigenvalue weighted by Gasteiger charge is -2.18. The van der Waals surface area contributed by atoms with Crippen molar-refractivity contribution in [1.29, 1.82) is 0 Å². The number of aryl methyl sites for hydroxylation is 1. The molecule has 0 unspecified atom stereocenters. The van der Waals surface area contributed by atoms with Crippen molar-refractivity contribution in [2.75, 3.05) is 0 Å². The van der Waals surface area contributed by atoms with E-state index in [0.29, 0.717) is 0 Å². The molecule has 0 bridgehead atoms. The lowest BCUT2D eigenvalue weighted by atomic mass is 10.1. The number of hydrogen-bond acceptors (Lipinski definition) is 3. The van der Waals surface area contributed by atoms with Gasteiger partial charge in [0.05, 0.1) is 14.9 Å². The second kappa shape index (κ2) is 3.87. The van der Waals surface area contributed by atoms with Crippen molar-refractivity contribution in [1.82, 2.24) is 9.55 Å². The van der Waals surface area contributed by atoms with Crippen LogP contribution in [-0.2, 0) is 6.54 Å². The predicted octanol–water partition coefficient (Wildman–Crippen LogP) is 3.09. The van der Waals surface area contributed by atoms with Gasteiger partial charge in [0.1, 0.15) is 11.9 Å². The summed E-state index contributed by atoms with van der Waals surface area (Å²) in [6.07, 6.45) is 3.40. The van der Waals surface area contributed by atoms with E-state index in [9.17, 15) is 5.11 Å². The van der Waals surface area contributed by atoms with Gasteiger partial charge < -0.3 is 9.67 Å². The number of fused-ring (bicyclic) bond motifs is 1. The van der Waals surface area contributed by atoms with Crippen LogP contribution in [0.25, 0.3) is 10.6 Å². The van der Waals surface area contributed by atoms with Gasteiger partial charge in [0.2, 0.25) is 0 Å². The van der Waals surface area contributed by atoms with E-state index in [0.717, 1.165) is 40.1 Å². The Kier molecular flexibility index (Phi) is 2.50. The Bertz CT molecular complexity index is 520. The molecule has 3 nitrogen and oxygen atoms in total. The molecule has 1 aliphatic rings. The average Bonchev–Trinajstić information content (AvgIpc) is 2.84. The van der Waals surface area contributed by atoms with Crippen molar-refractivity contribution in [3.05, 3.63) is 28.5 Å². The second-order valence-electron chi connectivity index (χ2n) is 3.94. The van der Waals surface area contributed by atoms with Gasteiger partial charge in [-0.25, -0.2) is 4.98 Å². The molecule has 84 valence electrons. The van der Waals surface area contributed by atoms with Gasteiger partial charge in [-0.1, -0.05) is 11.6 Å². The second-order valence-corrected chi connectivity index (χ2v) is 5.65. The van der Waals surface area contributed by atoms with Crippen LogP contribution < -0.4 is 0 Å². The molecule has 2 aromatic rings. The Balaban J connectivity index is 2.04. The number of aliphatic hydroxyl groups is 1. The third-order valence-corrected chi connectivity index (χ3v) is 4.06. The first kappa shape index (κ1) is 10.3. The summed E-state index contributed by atoms with van der Waals surface area (Å²) in [5.41, 5.74) is 0.910. The third-order valence-electron chi connectivity index (χ3n) is 2.81. The number of thiophene rings is 1. The molecule has 2 aromatic heterocycles. The SMILES string of the molecule is O[C@H]1CCCn2cc(-c3ccc(Cl)s3)nc21. The highest BCUT2D eigenvalue weighted by Gasteiger charge is 2.21. The lowest BCUT2D eigenvalue weighted by Crippen LogP contribution is -2.14. The zero-order valence-corrected chi connectivity index (χ0v) is 10.1. The minimum Gasteiger partial charge on any atom is -0.385 e. The molecule has 0 amide bonds. The van der Waals surface area contributed by atoms with Crippen molar-refractivity contribution < 1.29 is 5.11 Å². The molecule has 3 heterocycles. The molecule has 5 heteroatoms. The van der Waals surface area contributed by atoms with Crippen LogP contribution in [0, 0.1) is 0 Å². The van der Waals surface area contributed by atoms with Gasteiger partial charge in [-0.3, -0.25) is 0 Å². The molecule has 1 N–H and O–H groups in total. The summed E-state index contributed by atoms with van der Waals surface area (Å²) in [6, 6.07) is 3.84. The monoisotopic (exact) mass is 254 g/mol. The van der Waals surface area contributed by atoms with Crippen LogP contribution >= 0.6 is 22.9 Å². The van der Waals surface area contributed by atoms with Crippen molar-refractivity contribution in [3.8, 4) is 10.6 Å². The van der Waals surface area contributed by atoms with Crippen LogP contribution in [0.15, 0.2) is 18.3 Å². The van der Waals surface area contributed by atoms with Crippen molar-refractivity contribution in [2.45, 2.75) is 25.5 Å². The highest BCUT2D eigenvalue weighted by Crippen LogP contribution is 2.33. The van der Waals surface area contributed by atoms with E-state index in [1.165, 1.54) is 11.3 Å². The summed E-state index contributed by atoms with van der Waals surface area (Å²) in [5.74, 6) is 0.783. The Morgan fingerprint density at radius 2 is 2.38 bits per heavy atom. The number of halogens is 1. The Morgan fingerprint density at radius 1 is 1.50 bits per heavy atom. The van der Waals surface area contributed by atoms with E-state index in [2.05, 4.69) is 4.98 Å². The third kappa shape index (κ3) is 1.67. The van der Waals surface area contributed by atoms with Gasteiger partial charge >= 0.3 is 0 Å². The van der Waals surface area contributed by atoms with E-state index in [1.54, 1.807) is 0 Å². The van der Waals surface area contributed by atoms with Crippen molar-refractivity contribution in [2.24, 2.45) is 0 Å². The highest BCUT2D eigenvalue weighted by atomic mass is 35.5. The largest absolute Gasteiger partial charge is 0.385 e.